The van der Waals surface area contributed by atoms with Crippen molar-refractivity contribution < 1.29 is 9.59 Å². The number of aryl methyl sites for hydroxylation is 1. The molecule has 0 radical (unpaired) electrons. The molecular weight excluding hydrogens is 376 g/mol. The number of hydrogen-bond acceptors (Lipinski definition) is 3. The predicted octanol–water partition coefficient (Wildman–Crippen LogP) is 3.47. The third-order valence-electron chi connectivity index (χ3n) is 5.54. The van der Waals surface area contributed by atoms with Crippen LogP contribution in [-0.4, -0.2) is 21.6 Å². The van der Waals surface area contributed by atoms with Crippen LogP contribution in [0.3, 0.4) is 0 Å². The number of para-hydroxylation sites is 1. The maximum absolute atomic E-state index is 13.1. The van der Waals surface area contributed by atoms with Gasteiger partial charge < -0.3 is 10.6 Å². The van der Waals surface area contributed by atoms with Crippen molar-refractivity contribution in [3.8, 4) is 0 Å². The summed E-state index contributed by atoms with van der Waals surface area (Å²) in [7, 11) is 0. The van der Waals surface area contributed by atoms with Gasteiger partial charge in [-0.1, -0.05) is 53.6 Å². The smallest absolute Gasteiger partial charge is 0.240 e. The molecule has 2 aliphatic rings. The molecule has 0 saturated carbocycles. The van der Waals surface area contributed by atoms with E-state index in [-0.39, 0.29) is 18.2 Å². The highest BCUT2D eigenvalue weighted by atomic mass is 35.5. The molecule has 2 aromatic carbocycles. The van der Waals surface area contributed by atoms with Crippen molar-refractivity contribution >= 4 is 34.9 Å². The molecule has 0 aliphatic carbocycles. The molecule has 0 saturated heterocycles. The highest BCUT2D eigenvalue weighted by molar-refractivity contribution is 6.35. The molecule has 5 rings (SSSR count). The van der Waals surface area contributed by atoms with Gasteiger partial charge in [0.05, 0.1) is 23.5 Å². The zero-order chi connectivity index (χ0) is 19.5. The summed E-state index contributed by atoms with van der Waals surface area (Å²) >= 11 is 6.29. The van der Waals surface area contributed by atoms with Crippen LogP contribution < -0.4 is 10.6 Å². The zero-order valence-corrected chi connectivity index (χ0v) is 15.9. The summed E-state index contributed by atoms with van der Waals surface area (Å²) in [5.41, 5.74) is 3.11. The second-order valence-corrected chi connectivity index (χ2v) is 7.70. The maximum Gasteiger partial charge on any atom is 0.240 e. The third kappa shape index (κ3) is 2.31. The van der Waals surface area contributed by atoms with Crippen molar-refractivity contribution in [2.24, 2.45) is 0 Å². The number of hydrogen-bond donors (Lipinski definition) is 2. The predicted molar refractivity (Wildman–Crippen MR) is 107 cm³/mol. The van der Waals surface area contributed by atoms with Crippen molar-refractivity contribution in [1.29, 1.82) is 0 Å². The summed E-state index contributed by atoms with van der Waals surface area (Å²) in [6, 6.07) is 13.5. The van der Waals surface area contributed by atoms with Gasteiger partial charge in [-0.2, -0.15) is 5.10 Å². The standard InChI is InChI=1S/C21H17ClN4O2/c1-12-5-7-13(8-6-12)11-26-19-15(10-23-26)21(9-17(27)24-19)14-3-2-4-16(22)18(14)25-20(21)28/h2-8,10H,9,11H2,1H3,(H,24,27)(H,25,28)/t21-/m0/s1. The van der Waals surface area contributed by atoms with Crippen molar-refractivity contribution in [3.63, 3.8) is 0 Å². The van der Waals surface area contributed by atoms with Crippen LogP contribution in [0, 0.1) is 6.92 Å². The number of nitrogens with one attached hydrogen (secondary N) is 2. The van der Waals surface area contributed by atoms with Gasteiger partial charge >= 0.3 is 0 Å². The molecule has 28 heavy (non-hydrogen) atoms. The van der Waals surface area contributed by atoms with Crippen LogP contribution in [-0.2, 0) is 21.5 Å². The largest absolute Gasteiger partial charge is 0.323 e. The van der Waals surface area contributed by atoms with Gasteiger partial charge in [-0.25, -0.2) is 4.68 Å². The van der Waals surface area contributed by atoms with Crippen molar-refractivity contribution in [1.82, 2.24) is 9.78 Å². The summed E-state index contributed by atoms with van der Waals surface area (Å²) in [4.78, 5) is 25.7. The summed E-state index contributed by atoms with van der Waals surface area (Å²) in [5.74, 6) is 0.0857. The van der Waals surface area contributed by atoms with E-state index in [9.17, 15) is 9.59 Å². The van der Waals surface area contributed by atoms with Crippen molar-refractivity contribution in [2.75, 3.05) is 10.6 Å². The Balaban J connectivity index is 1.65. The minimum Gasteiger partial charge on any atom is -0.323 e. The molecular formula is C21H17ClN4O2. The van der Waals surface area contributed by atoms with E-state index >= 15 is 0 Å². The number of nitrogens with zero attached hydrogens (tertiary/aromatic N) is 2. The van der Waals surface area contributed by atoms with Crippen LogP contribution in [0.5, 0.6) is 0 Å². The zero-order valence-electron chi connectivity index (χ0n) is 15.1. The molecule has 0 fully saturated rings. The van der Waals surface area contributed by atoms with E-state index in [1.807, 2.05) is 37.3 Å². The number of carbonyl (C=O) groups excluding carboxylic acids is 2. The van der Waals surface area contributed by atoms with Crippen LogP contribution in [0.25, 0.3) is 0 Å². The molecule has 2 N–H and O–H groups in total. The Morgan fingerprint density at radius 2 is 1.89 bits per heavy atom. The van der Waals surface area contributed by atoms with E-state index in [0.29, 0.717) is 28.6 Å². The average Bonchev–Trinajstić information content (AvgIpc) is 3.19. The fourth-order valence-corrected chi connectivity index (χ4v) is 4.34. The van der Waals surface area contributed by atoms with Crippen LogP contribution in [0.1, 0.15) is 28.7 Å². The van der Waals surface area contributed by atoms with E-state index in [4.69, 9.17) is 11.6 Å². The summed E-state index contributed by atoms with van der Waals surface area (Å²) in [6.45, 7) is 2.53. The molecule has 1 aromatic heterocycles. The molecule has 3 heterocycles. The fraction of sp³-hybridized carbons (Fsp3) is 0.190. The number of fused-ring (bicyclic) bond motifs is 4. The van der Waals surface area contributed by atoms with Gasteiger partial charge in [-0.15, -0.1) is 0 Å². The minimum absolute atomic E-state index is 0.0232. The van der Waals surface area contributed by atoms with Gasteiger partial charge in [0.25, 0.3) is 0 Å². The SMILES string of the molecule is Cc1ccc(Cn2ncc3c2NC(=O)C[C@@]32C(=O)Nc3c(Cl)cccc32)cc1. The number of halogens is 1. The molecule has 6 nitrogen and oxygen atoms in total. The highest BCUT2D eigenvalue weighted by Gasteiger charge is 2.54. The quantitative estimate of drug-likeness (QED) is 0.701. The number of amides is 2. The lowest BCUT2D eigenvalue weighted by Gasteiger charge is -2.31. The van der Waals surface area contributed by atoms with Gasteiger partial charge in [0.15, 0.2) is 0 Å². The Morgan fingerprint density at radius 1 is 1.11 bits per heavy atom. The van der Waals surface area contributed by atoms with E-state index in [2.05, 4.69) is 15.7 Å². The summed E-state index contributed by atoms with van der Waals surface area (Å²) in [5, 5.41) is 10.7. The van der Waals surface area contributed by atoms with E-state index in [1.165, 1.54) is 5.56 Å². The molecule has 0 bridgehead atoms. The Morgan fingerprint density at radius 3 is 2.68 bits per heavy atom. The summed E-state index contributed by atoms with van der Waals surface area (Å²) in [6.07, 6.45) is 1.70. The molecule has 140 valence electrons. The first kappa shape index (κ1) is 17.0. The lowest BCUT2D eigenvalue weighted by Crippen LogP contribution is -2.43. The normalized spacial score (nSPS) is 19.9. The number of benzene rings is 2. The van der Waals surface area contributed by atoms with Gasteiger partial charge in [0.2, 0.25) is 11.8 Å². The highest BCUT2D eigenvalue weighted by Crippen LogP contribution is 2.51. The Labute approximate surface area is 166 Å². The number of anilines is 2. The second-order valence-electron chi connectivity index (χ2n) is 7.30. The Hall–Kier alpha value is -3.12. The second kappa shape index (κ2) is 5.94. The fourth-order valence-electron chi connectivity index (χ4n) is 4.12. The summed E-state index contributed by atoms with van der Waals surface area (Å²) < 4.78 is 1.73. The number of aromatic nitrogens is 2. The first-order valence-corrected chi connectivity index (χ1v) is 9.39. The molecule has 7 heteroatoms. The lowest BCUT2D eigenvalue weighted by atomic mass is 9.72. The molecule has 2 amide bonds. The minimum atomic E-state index is -1.11. The van der Waals surface area contributed by atoms with Gasteiger partial charge in [-0.3, -0.25) is 9.59 Å². The van der Waals surface area contributed by atoms with Gasteiger partial charge in [0, 0.05) is 12.0 Å². The molecule has 1 atom stereocenters. The lowest BCUT2D eigenvalue weighted by molar-refractivity contribution is -0.125. The topological polar surface area (TPSA) is 76.0 Å². The van der Waals surface area contributed by atoms with Crippen LogP contribution >= 0.6 is 11.6 Å². The molecule has 3 aromatic rings. The van der Waals surface area contributed by atoms with E-state index in [0.717, 1.165) is 11.1 Å². The average molecular weight is 393 g/mol. The van der Waals surface area contributed by atoms with E-state index < -0.39 is 5.41 Å². The van der Waals surface area contributed by atoms with Crippen molar-refractivity contribution in [3.05, 3.63) is 75.9 Å². The van der Waals surface area contributed by atoms with Crippen LogP contribution in [0.4, 0.5) is 11.5 Å². The molecule has 0 unspecified atom stereocenters. The van der Waals surface area contributed by atoms with Gasteiger partial charge in [-0.05, 0) is 24.1 Å². The Kier molecular flexibility index (Phi) is 3.61. The van der Waals surface area contributed by atoms with Crippen LogP contribution in [0.2, 0.25) is 5.02 Å². The molecule has 2 aliphatic heterocycles. The number of rotatable bonds is 2. The molecule has 1 spiro atoms. The van der Waals surface area contributed by atoms with E-state index in [1.54, 1.807) is 23.0 Å². The van der Waals surface area contributed by atoms with Crippen molar-refractivity contribution in [2.45, 2.75) is 25.3 Å². The number of carbonyl (C=O) groups is 2. The third-order valence-corrected chi connectivity index (χ3v) is 5.85. The monoisotopic (exact) mass is 392 g/mol. The maximum atomic E-state index is 13.1. The first-order valence-electron chi connectivity index (χ1n) is 9.01. The van der Waals surface area contributed by atoms with Crippen LogP contribution in [0.15, 0.2) is 48.7 Å². The van der Waals surface area contributed by atoms with Gasteiger partial charge in [0.1, 0.15) is 11.2 Å². The Bertz CT molecular complexity index is 1140. The first-order chi connectivity index (χ1) is 13.5.